The van der Waals surface area contributed by atoms with Gasteiger partial charge in [0.15, 0.2) is 5.82 Å². The van der Waals surface area contributed by atoms with Crippen LogP contribution in [0.2, 0.25) is 0 Å². The van der Waals surface area contributed by atoms with Gasteiger partial charge in [-0.2, -0.15) is 5.10 Å². The SMILES string of the molecule is CCc1cc(NC(=O)C(C)(C)C(C)(C)N)n[nH]1. The quantitative estimate of drug-likeness (QED) is 0.746. The number of anilines is 1. The second-order valence-electron chi connectivity index (χ2n) is 5.43. The zero-order valence-corrected chi connectivity index (χ0v) is 11.2. The van der Waals surface area contributed by atoms with Crippen LogP contribution in [0.25, 0.3) is 0 Å². The molecule has 0 aromatic carbocycles. The lowest BCUT2D eigenvalue weighted by Gasteiger charge is -2.36. The van der Waals surface area contributed by atoms with Gasteiger partial charge in [-0.3, -0.25) is 9.89 Å². The molecule has 1 rings (SSSR count). The molecule has 1 aromatic rings. The molecular weight excluding hydrogens is 216 g/mol. The Hall–Kier alpha value is -1.36. The summed E-state index contributed by atoms with van der Waals surface area (Å²) in [5, 5.41) is 9.66. The molecule has 1 amide bonds. The number of nitrogens with two attached hydrogens (primary N) is 1. The molecule has 0 saturated heterocycles. The number of aromatic amines is 1. The van der Waals surface area contributed by atoms with Crippen LogP contribution in [0.4, 0.5) is 5.82 Å². The van der Waals surface area contributed by atoms with E-state index < -0.39 is 11.0 Å². The fourth-order valence-corrected chi connectivity index (χ4v) is 1.17. The molecule has 96 valence electrons. The molecule has 0 fully saturated rings. The second kappa shape index (κ2) is 4.49. The summed E-state index contributed by atoms with van der Waals surface area (Å²) in [4.78, 5) is 12.1. The molecule has 17 heavy (non-hydrogen) atoms. The van der Waals surface area contributed by atoms with Crippen LogP contribution in [-0.4, -0.2) is 21.6 Å². The first-order valence-corrected chi connectivity index (χ1v) is 5.83. The first-order chi connectivity index (χ1) is 7.68. The molecule has 0 aliphatic heterocycles. The average molecular weight is 238 g/mol. The van der Waals surface area contributed by atoms with E-state index in [1.165, 1.54) is 0 Å². The van der Waals surface area contributed by atoms with Crippen molar-refractivity contribution < 1.29 is 4.79 Å². The van der Waals surface area contributed by atoms with Crippen LogP contribution in [0.5, 0.6) is 0 Å². The summed E-state index contributed by atoms with van der Waals surface area (Å²) in [5.41, 5.74) is 5.74. The van der Waals surface area contributed by atoms with E-state index in [0.29, 0.717) is 5.82 Å². The highest BCUT2D eigenvalue weighted by Gasteiger charge is 2.40. The Morgan fingerprint density at radius 2 is 2.06 bits per heavy atom. The number of hydrogen-bond donors (Lipinski definition) is 3. The van der Waals surface area contributed by atoms with Gasteiger partial charge in [0, 0.05) is 17.3 Å². The van der Waals surface area contributed by atoms with E-state index in [2.05, 4.69) is 15.5 Å². The second-order valence-corrected chi connectivity index (χ2v) is 5.43. The van der Waals surface area contributed by atoms with Gasteiger partial charge in [0.05, 0.1) is 5.41 Å². The van der Waals surface area contributed by atoms with Gasteiger partial charge in [-0.15, -0.1) is 0 Å². The summed E-state index contributed by atoms with van der Waals surface area (Å²) in [5.74, 6) is 0.420. The molecule has 0 aliphatic rings. The van der Waals surface area contributed by atoms with E-state index in [9.17, 15) is 4.79 Å². The number of aromatic nitrogens is 2. The zero-order chi connectivity index (χ0) is 13.3. The summed E-state index contributed by atoms with van der Waals surface area (Å²) >= 11 is 0. The lowest BCUT2D eigenvalue weighted by molar-refractivity contribution is -0.126. The van der Waals surface area contributed by atoms with E-state index in [4.69, 9.17) is 5.73 Å². The molecule has 1 aromatic heterocycles. The summed E-state index contributed by atoms with van der Waals surface area (Å²) in [6, 6.07) is 1.83. The predicted octanol–water partition coefficient (Wildman–Crippen LogP) is 1.67. The largest absolute Gasteiger partial charge is 0.325 e. The number of rotatable bonds is 4. The van der Waals surface area contributed by atoms with Gasteiger partial charge in [0.1, 0.15) is 0 Å². The first kappa shape index (κ1) is 13.7. The Labute approximate surface area is 102 Å². The lowest BCUT2D eigenvalue weighted by atomic mass is 9.74. The van der Waals surface area contributed by atoms with E-state index in [1.54, 1.807) is 0 Å². The summed E-state index contributed by atoms with van der Waals surface area (Å²) in [7, 11) is 0. The Morgan fingerprint density at radius 3 is 2.47 bits per heavy atom. The summed E-state index contributed by atoms with van der Waals surface area (Å²) in [6.45, 7) is 9.36. The van der Waals surface area contributed by atoms with Crippen LogP contribution in [0.15, 0.2) is 6.07 Å². The van der Waals surface area contributed by atoms with Crippen molar-refractivity contribution in [1.29, 1.82) is 0 Å². The maximum absolute atomic E-state index is 12.1. The molecular formula is C12H22N4O. The maximum Gasteiger partial charge on any atom is 0.233 e. The normalized spacial score (nSPS) is 12.6. The summed E-state index contributed by atoms with van der Waals surface area (Å²) < 4.78 is 0. The number of H-pyrrole nitrogens is 1. The molecule has 0 bridgehead atoms. The third-order valence-electron chi connectivity index (χ3n) is 3.43. The highest BCUT2D eigenvalue weighted by molar-refractivity contribution is 5.95. The first-order valence-electron chi connectivity index (χ1n) is 5.83. The minimum Gasteiger partial charge on any atom is -0.325 e. The minimum absolute atomic E-state index is 0.126. The maximum atomic E-state index is 12.1. The number of hydrogen-bond acceptors (Lipinski definition) is 3. The van der Waals surface area contributed by atoms with Crippen LogP contribution >= 0.6 is 0 Å². The van der Waals surface area contributed by atoms with Gasteiger partial charge in [-0.25, -0.2) is 0 Å². The predicted molar refractivity (Wildman–Crippen MR) is 68.6 cm³/mol. The smallest absolute Gasteiger partial charge is 0.233 e. The standard InChI is InChI=1S/C12H22N4O/c1-6-8-7-9(16-15-8)14-10(17)11(2,3)12(4,5)13/h7H,6,13H2,1-5H3,(H2,14,15,16,17). The number of aryl methyl sites for hydroxylation is 1. The van der Waals surface area contributed by atoms with E-state index in [1.807, 2.05) is 40.7 Å². The highest BCUT2D eigenvalue weighted by atomic mass is 16.2. The molecule has 0 unspecified atom stereocenters. The minimum atomic E-state index is -0.668. The van der Waals surface area contributed by atoms with Gasteiger partial charge < -0.3 is 11.1 Å². The zero-order valence-electron chi connectivity index (χ0n) is 11.2. The molecule has 0 spiro atoms. The van der Waals surface area contributed by atoms with Crippen molar-refractivity contribution in [2.45, 2.75) is 46.6 Å². The fourth-order valence-electron chi connectivity index (χ4n) is 1.17. The molecule has 0 saturated carbocycles. The van der Waals surface area contributed by atoms with Crippen LogP contribution in [0.3, 0.4) is 0 Å². The Morgan fingerprint density at radius 1 is 1.47 bits per heavy atom. The number of amides is 1. The van der Waals surface area contributed by atoms with Crippen molar-refractivity contribution in [1.82, 2.24) is 10.2 Å². The van der Waals surface area contributed by atoms with Crippen LogP contribution in [0.1, 0.15) is 40.3 Å². The third kappa shape index (κ3) is 2.85. The van der Waals surface area contributed by atoms with Crippen molar-refractivity contribution in [2.24, 2.45) is 11.1 Å². The highest BCUT2D eigenvalue weighted by Crippen LogP contribution is 2.29. The van der Waals surface area contributed by atoms with Crippen molar-refractivity contribution in [2.75, 3.05) is 5.32 Å². The monoisotopic (exact) mass is 238 g/mol. The molecule has 5 nitrogen and oxygen atoms in total. The molecule has 1 heterocycles. The van der Waals surface area contributed by atoms with Gasteiger partial charge in [0.2, 0.25) is 5.91 Å². The number of nitrogens with zero attached hydrogens (tertiary/aromatic N) is 1. The Balaban J connectivity index is 2.79. The number of carbonyl (C=O) groups excluding carboxylic acids is 1. The number of carbonyl (C=O) groups is 1. The van der Waals surface area contributed by atoms with Crippen LogP contribution < -0.4 is 11.1 Å². The van der Waals surface area contributed by atoms with Crippen LogP contribution in [0, 0.1) is 5.41 Å². The fraction of sp³-hybridized carbons (Fsp3) is 0.667. The molecule has 0 radical (unpaired) electrons. The topological polar surface area (TPSA) is 83.8 Å². The van der Waals surface area contributed by atoms with Gasteiger partial charge in [0.25, 0.3) is 0 Å². The molecule has 4 N–H and O–H groups in total. The van der Waals surface area contributed by atoms with E-state index in [-0.39, 0.29) is 5.91 Å². The van der Waals surface area contributed by atoms with Gasteiger partial charge >= 0.3 is 0 Å². The summed E-state index contributed by atoms with van der Waals surface area (Å²) in [6.07, 6.45) is 0.856. The van der Waals surface area contributed by atoms with Gasteiger partial charge in [-0.1, -0.05) is 6.92 Å². The van der Waals surface area contributed by atoms with Gasteiger partial charge in [-0.05, 0) is 34.1 Å². The average Bonchev–Trinajstić information content (AvgIpc) is 2.63. The number of nitrogens with one attached hydrogen (secondary N) is 2. The van der Waals surface area contributed by atoms with E-state index >= 15 is 0 Å². The molecule has 5 heteroatoms. The van der Waals surface area contributed by atoms with Crippen LogP contribution in [-0.2, 0) is 11.2 Å². The van der Waals surface area contributed by atoms with Crippen molar-refractivity contribution in [3.05, 3.63) is 11.8 Å². The Kier molecular flexibility index (Phi) is 3.62. The third-order valence-corrected chi connectivity index (χ3v) is 3.43. The Bertz CT molecular complexity index is 401. The lowest BCUT2D eigenvalue weighted by Crippen LogP contribution is -2.53. The van der Waals surface area contributed by atoms with Crippen molar-refractivity contribution >= 4 is 11.7 Å². The van der Waals surface area contributed by atoms with Crippen molar-refractivity contribution in [3.63, 3.8) is 0 Å². The van der Waals surface area contributed by atoms with Crippen molar-refractivity contribution in [3.8, 4) is 0 Å². The molecule has 0 atom stereocenters. The molecule has 0 aliphatic carbocycles. The van der Waals surface area contributed by atoms with E-state index in [0.717, 1.165) is 12.1 Å².